The normalized spacial score (nSPS) is 17.8. The monoisotopic (exact) mass is 397 g/mol. The lowest BCUT2D eigenvalue weighted by atomic mass is 9.97. The summed E-state index contributed by atoms with van der Waals surface area (Å²) in [4.78, 5) is 18.8. The molecule has 0 bridgehead atoms. The Hall–Kier alpha value is -2.33. The molecule has 1 aliphatic rings. The van der Waals surface area contributed by atoms with E-state index in [2.05, 4.69) is 60.9 Å². The van der Waals surface area contributed by atoms with E-state index < -0.39 is 0 Å². The van der Waals surface area contributed by atoms with Gasteiger partial charge in [-0.1, -0.05) is 50.2 Å². The lowest BCUT2D eigenvalue weighted by Crippen LogP contribution is -2.19. The minimum Gasteiger partial charge on any atom is -0.345 e. The van der Waals surface area contributed by atoms with Crippen LogP contribution in [0.25, 0.3) is 11.0 Å². The van der Waals surface area contributed by atoms with Gasteiger partial charge in [-0.15, -0.1) is 12.4 Å². The number of para-hydroxylation sites is 2. The molecule has 28 heavy (non-hydrogen) atoms. The second-order valence-electron chi connectivity index (χ2n) is 7.77. The van der Waals surface area contributed by atoms with Crippen molar-refractivity contribution in [1.29, 1.82) is 0 Å². The van der Waals surface area contributed by atoms with Crippen LogP contribution in [-0.2, 0) is 11.3 Å². The molecule has 2 heterocycles. The minimum absolute atomic E-state index is 0. The maximum absolute atomic E-state index is 12.1. The molecule has 1 saturated heterocycles. The number of likely N-dealkylation sites (N-methyl/N-ethyl adjacent to an activating group) is 1. The van der Waals surface area contributed by atoms with Crippen molar-refractivity contribution in [2.75, 3.05) is 13.6 Å². The van der Waals surface area contributed by atoms with Gasteiger partial charge in [0.1, 0.15) is 5.82 Å². The van der Waals surface area contributed by atoms with Gasteiger partial charge in [0.2, 0.25) is 5.91 Å². The largest absolute Gasteiger partial charge is 0.345 e. The molecule has 0 saturated carbocycles. The van der Waals surface area contributed by atoms with E-state index in [9.17, 15) is 4.79 Å². The number of fused-ring (bicyclic) bond motifs is 1. The first-order valence-corrected chi connectivity index (χ1v) is 9.84. The van der Waals surface area contributed by atoms with Gasteiger partial charge in [0.05, 0.1) is 11.0 Å². The number of benzene rings is 2. The van der Waals surface area contributed by atoms with Crippen molar-refractivity contribution in [3.05, 3.63) is 65.5 Å². The first-order chi connectivity index (χ1) is 13.1. The number of nitrogens with zero attached hydrogens (tertiary/aromatic N) is 3. The number of imidazole rings is 1. The van der Waals surface area contributed by atoms with Gasteiger partial charge in [0.25, 0.3) is 0 Å². The fourth-order valence-electron chi connectivity index (χ4n) is 3.98. The van der Waals surface area contributed by atoms with E-state index in [1.807, 2.05) is 18.0 Å². The molecule has 1 aliphatic heterocycles. The zero-order valence-electron chi connectivity index (χ0n) is 16.8. The summed E-state index contributed by atoms with van der Waals surface area (Å²) in [5, 5.41) is 0. The Morgan fingerprint density at radius 2 is 1.86 bits per heavy atom. The lowest BCUT2D eigenvalue weighted by molar-refractivity contribution is -0.126. The Kier molecular flexibility index (Phi) is 6.09. The SMILES string of the molecule is CCC(C)c1ccc(Cn2c(C3CC(=O)N(C)C3)nc3ccccc32)cc1.Cl. The fourth-order valence-corrected chi connectivity index (χ4v) is 3.98. The first kappa shape index (κ1) is 20.4. The molecule has 2 atom stereocenters. The molecular weight excluding hydrogens is 370 g/mol. The molecule has 0 N–H and O–H groups in total. The smallest absolute Gasteiger partial charge is 0.223 e. The molecular formula is C23H28ClN3O. The molecule has 4 rings (SSSR count). The predicted molar refractivity (Wildman–Crippen MR) is 116 cm³/mol. The molecule has 4 nitrogen and oxygen atoms in total. The highest BCUT2D eigenvalue weighted by Gasteiger charge is 2.31. The number of aromatic nitrogens is 2. The highest BCUT2D eigenvalue weighted by molar-refractivity contribution is 5.85. The topological polar surface area (TPSA) is 38.1 Å². The molecule has 1 amide bonds. The van der Waals surface area contributed by atoms with E-state index in [1.165, 1.54) is 11.1 Å². The molecule has 148 valence electrons. The van der Waals surface area contributed by atoms with Crippen molar-refractivity contribution < 1.29 is 4.79 Å². The molecule has 0 radical (unpaired) electrons. The molecule has 3 aromatic rings. The average molecular weight is 398 g/mol. The van der Waals surface area contributed by atoms with Gasteiger partial charge in [-0.2, -0.15) is 0 Å². The molecule has 0 aliphatic carbocycles. The van der Waals surface area contributed by atoms with Crippen LogP contribution in [0, 0.1) is 0 Å². The van der Waals surface area contributed by atoms with E-state index in [1.54, 1.807) is 0 Å². The van der Waals surface area contributed by atoms with Crippen LogP contribution < -0.4 is 0 Å². The van der Waals surface area contributed by atoms with Gasteiger partial charge in [0, 0.05) is 32.5 Å². The Morgan fingerprint density at radius 3 is 2.50 bits per heavy atom. The van der Waals surface area contributed by atoms with Gasteiger partial charge < -0.3 is 9.47 Å². The van der Waals surface area contributed by atoms with E-state index in [-0.39, 0.29) is 24.2 Å². The summed E-state index contributed by atoms with van der Waals surface area (Å²) in [6, 6.07) is 17.2. The summed E-state index contributed by atoms with van der Waals surface area (Å²) in [5.74, 6) is 1.98. The van der Waals surface area contributed by atoms with Crippen LogP contribution >= 0.6 is 12.4 Å². The van der Waals surface area contributed by atoms with E-state index in [4.69, 9.17) is 4.98 Å². The number of halogens is 1. The minimum atomic E-state index is 0. The zero-order chi connectivity index (χ0) is 19.0. The van der Waals surface area contributed by atoms with Crippen LogP contribution in [0.2, 0.25) is 0 Å². The summed E-state index contributed by atoms with van der Waals surface area (Å²) in [6.07, 6.45) is 1.70. The van der Waals surface area contributed by atoms with Crippen molar-refractivity contribution in [1.82, 2.24) is 14.5 Å². The van der Waals surface area contributed by atoms with Crippen molar-refractivity contribution in [2.24, 2.45) is 0 Å². The molecule has 1 aromatic heterocycles. The Balaban J connectivity index is 0.00000225. The van der Waals surface area contributed by atoms with Crippen molar-refractivity contribution >= 4 is 29.3 Å². The second-order valence-corrected chi connectivity index (χ2v) is 7.77. The van der Waals surface area contributed by atoms with E-state index in [0.717, 1.165) is 36.4 Å². The van der Waals surface area contributed by atoms with Crippen LogP contribution in [0.5, 0.6) is 0 Å². The maximum Gasteiger partial charge on any atom is 0.223 e. The third kappa shape index (κ3) is 3.79. The summed E-state index contributed by atoms with van der Waals surface area (Å²) in [6.45, 7) is 6.02. The summed E-state index contributed by atoms with van der Waals surface area (Å²) in [7, 11) is 1.88. The summed E-state index contributed by atoms with van der Waals surface area (Å²) in [5.41, 5.74) is 4.80. The Bertz CT molecular complexity index is 964. The number of rotatable bonds is 5. The van der Waals surface area contributed by atoms with Crippen LogP contribution in [-0.4, -0.2) is 34.0 Å². The summed E-state index contributed by atoms with van der Waals surface area (Å²) < 4.78 is 2.30. The molecule has 1 fully saturated rings. The number of hydrogen-bond donors (Lipinski definition) is 0. The van der Waals surface area contributed by atoms with E-state index in [0.29, 0.717) is 12.3 Å². The fraction of sp³-hybridized carbons (Fsp3) is 0.391. The highest BCUT2D eigenvalue weighted by atomic mass is 35.5. The number of carbonyl (C=O) groups excluding carboxylic acids is 1. The predicted octanol–water partition coefficient (Wildman–Crippen LogP) is 4.97. The number of likely N-dealkylation sites (tertiary alicyclic amines) is 1. The Labute approximate surface area is 173 Å². The van der Waals surface area contributed by atoms with Crippen molar-refractivity contribution in [3.63, 3.8) is 0 Å². The van der Waals surface area contributed by atoms with Gasteiger partial charge in [-0.25, -0.2) is 4.98 Å². The molecule has 5 heteroatoms. The zero-order valence-corrected chi connectivity index (χ0v) is 17.6. The van der Waals surface area contributed by atoms with Crippen molar-refractivity contribution in [3.8, 4) is 0 Å². The molecule has 0 spiro atoms. The second kappa shape index (κ2) is 8.36. The highest BCUT2D eigenvalue weighted by Crippen LogP contribution is 2.30. The standard InChI is InChI=1S/C23H27N3O.ClH/c1-4-16(2)18-11-9-17(10-12-18)14-26-21-8-6-5-7-20(21)24-23(26)19-13-22(27)25(3)15-19;/h5-12,16,19H,4,13-15H2,1-3H3;1H. The van der Waals surface area contributed by atoms with Crippen LogP contribution in [0.3, 0.4) is 0 Å². The third-order valence-electron chi connectivity index (χ3n) is 5.89. The quantitative estimate of drug-likeness (QED) is 0.609. The maximum atomic E-state index is 12.1. The van der Waals surface area contributed by atoms with Crippen LogP contribution in [0.4, 0.5) is 0 Å². The van der Waals surface area contributed by atoms with Crippen LogP contribution in [0.15, 0.2) is 48.5 Å². The molecule has 2 unspecified atom stereocenters. The summed E-state index contributed by atoms with van der Waals surface area (Å²) >= 11 is 0. The third-order valence-corrected chi connectivity index (χ3v) is 5.89. The number of amides is 1. The first-order valence-electron chi connectivity index (χ1n) is 9.84. The molecule has 2 aromatic carbocycles. The van der Waals surface area contributed by atoms with Crippen molar-refractivity contribution in [2.45, 2.75) is 45.1 Å². The average Bonchev–Trinajstić information content (AvgIpc) is 3.22. The number of carbonyl (C=O) groups is 1. The van der Waals surface area contributed by atoms with Gasteiger partial charge in [-0.05, 0) is 35.6 Å². The van der Waals surface area contributed by atoms with Gasteiger partial charge >= 0.3 is 0 Å². The Morgan fingerprint density at radius 1 is 1.14 bits per heavy atom. The van der Waals surface area contributed by atoms with Gasteiger partial charge in [0.15, 0.2) is 0 Å². The lowest BCUT2D eigenvalue weighted by Gasteiger charge is -2.15. The van der Waals surface area contributed by atoms with Crippen LogP contribution in [0.1, 0.15) is 55.5 Å². The van der Waals surface area contributed by atoms with Gasteiger partial charge in [-0.3, -0.25) is 4.79 Å². The number of hydrogen-bond acceptors (Lipinski definition) is 2. The van der Waals surface area contributed by atoms with E-state index >= 15 is 0 Å².